The summed E-state index contributed by atoms with van der Waals surface area (Å²) >= 11 is 0. The topological polar surface area (TPSA) is 35.1 Å². The van der Waals surface area contributed by atoms with E-state index in [9.17, 15) is 0 Å². The van der Waals surface area contributed by atoms with Crippen LogP contribution in [0.1, 0.15) is 0 Å². The number of rotatable bonds is 0. The van der Waals surface area contributed by atoms with E-state index in [0.717, 1.165) is 43.9 Å². The first kappa shape index (κ1) is 19.6. The monoisotopic (exact) mass is 510 g/mol. The van der Waals surface area contributed by atoms with E-state index < -0.39 is 0 Å². The Morgan fingerprint density at radius 3 is 1.27 bits per heavy atom. The molecule has 40 heavy (non-hydrogen) atoms. The maximum absolute atomic E-state index is 6.31. The number of nitrogens with zero attached hydrogens (tertiary/aromatic N) is 2. The minimum atomic E-state index is 0.924. The second kappa shape index (κ2) is 6.38. The molecule has 11 aromatic rings. The highest BCUT2D eigenvalue weighted by molar-refractivity contribution is 6.25. The Morgan fingerprint density at radius 1 is 0.325 bits per heavy atom. The zero-order valence-electron chi connectivity index (χ0n) is 21.1. The van der Waals surface area contributed by atoms with E-state index in [1.807, 2.05) is 24.3 Å². The Morgan fingerprint density at radius 2 is 0.775 bits per heavy atom. The summed E-state index contributed by atoms with van der Waals surface area (Å²) in [6.45, 7) is 0. The van der Waals surface area contributed by atoms with Gasteiger partial charge >= 0.3 is 0 Å². The number of benzene rings is 6. The smallest absolute Gasteiger partial charge is 0.136 e. The van der Waals surface area contributed by atoms with Crippen molar-refractivity contribution >= 4 is 98.5 Å². The van der Waals surface area contributed by atoms with E-state index in [0.29, 0.717) is 0 Å². The van der Waals surface area contributed by atoms with Gasteiger partial charge < -0.3 is 17.6 Å². The number of hydrogen-bond donors (Lipinski definition) is 0. The summed E-state index contributed by atoms with van der Waals surface area (Å²) in [6.07, 6.45) is 0. The van der Waals surface area contributed by atoms with Gasteiger partial charge in [-0.05, 0) is 48.5 Å². The van der Waals surface area contributed by atoms with E-state index in [2.05, 4.69) is 93.7 Å². The van der Waals surface area contributed by atoms with Gasteiger partial charge in [-0.2, -0.15) is 0 Å². The summed E-state index contributed by atoms with van der Waals surface area (Å²) in [6, 6.07) is 39.1. The molecule has 0 atom stereocenters. The Balaban J connectivity index is 1.42. The third-order valence-corrected chi connectivity index (χ3v) is 9.01. The van der Waals surface area contributed by atoms with Crippen molar-refractivity contribution < 1.29 is 8.83 Å². The fraction of sp³-hybridized carbons (Fsp3) is 0. The normalized spacial score (nSPS) is 13.0. The van der Waals surface area contributed by atoms with Crippen LogP contribution in [-0.4, -0.2) is 8.80 Å². The molecule has 6 aromatic carbocycles. The van der Waals surface area contributed by atoms with Gasteiger partial charge in [-0.25, -0.2) is 0 Å². The second-order valence-electron chi connectivity index (χ2n) is 10.9. The molecule has 0 spiro atoms. The molecule has 0 aliphatic rings. The average molecular weight is 511 g/mol. The molecule has 184 valence electrons. The number of para-hydroxylation sites is 4. The highest BCUT2D eigenvalue weighted by atomic mass is 16.3. The van der Waals surface area contributed by atoms with Crippen LogP contribution in [0, 0.1) is 0 Å². The first-order valence-corrected chi connectivity index (χ1v) is 13.6. The summed E-state index contributed by atoms with van der Waals surface area (Å²) < 4.78 is 17.5. The van der Waals surface area contributed by atoms with Crippen molar-refractivity contribution in [2.75, 3.05) is 0 Å². The number of aromatic nitrogens is 2. The van der Waals surface area contributed by atoms with Crippen LogP contribution < -0.4 is 0 Å². The van der Waals surface area contributed by atoms with Crippen LogP contribution in [0.15, 0.2) is 118 Å². The van der Waals surface area contributed by atoms with Crippen molar-refractivity contribution in [3.8, 4) is 0 Å². The number of furan rings is 2. The van der Waals surface area contributed by atoms with Crippen LogP contribution in [0.4, 0.5) is 0 Å². The summed E-state index contributed by atoms with van der Waals surface area (Å²) in [7, 11) is 0. The minimum absolute atomic E-state index is 0.924. The highest BCUT2D eigenvalue weighted by Gasteiger charge is 2.22. The summed E-state index contributed by atoms with van der Waals surface area (Å²) in [5.74, 6) is 0. The third kappa shape index (κ3) is 2.08. The average Bonchev–Trinajstić information content (AvgIpc) is 3.72. The quantitative estimate of drug-likeness (QED) is 0.190. The molecule has 0 aliphatic heterocycles. The van der Waals surface area contributed by atoms with Gasteiger partial charge in [-0.3, -0.25) is 0 Å². The Hall–Kier alpha value is -5.48. The van der Waals surface area contributed by atoms with Crippen molar-refractivity contribution in [3.63, 3.8) is 0 Å². The molecule has 5 aromatic heterocycles. The third-order valence-electron chi connectivity index (χ3n) is 9.01. The van der Waals surface area contributed by atoms with E-state index in [1.54, 1.807) is 0 Å². The van der Waals surface area contributed by atoms with Gasteiger partial charge in [0.25, 0.3) is 0 Å². The van der Waals surface area contributed by atoms with Gasteiger partial charge in [-0.15, -0.1) is 0 Å². The van der Waals surface area contributed by atoms with Crippen LogP contribution in [0.5, 0.6) is 0 Å². The first-order valence-electron chi connectivity index (χ1n) is 13.6. The zero-order valence-corrected chi connectivity index (χ0v) is 21.1. The Bertz CT molecular complexity index is 2670. The van der Waals surface area contributed by atoms with Crippen molar-refractivity contribution in [2.24, 2.45) is 0 Å². The molecule has 0 unspecified atom stereocenters. The largest absolute Gasteiger partial charge is 0.456 e. The molecular weight excluding hydrogens is 492 g/mol. The fourth-order valence-corrected chi connectivity index (χ4v) is 7.39. The highest BCUT2D eigenvalue weighted by Crippen LogP contribution is 2.44. The molecule has 5 heterocycles. The second-order valence-corrected chi connectivity index (χ2v) is 10.9. The SMILES string of the molecule is c1ccc2c(c1)oc1cc3c4cccc5c4n(c3cc12)c1cccc2c3cc4oc6ccccc6c4cc3n5c21. The zero-order chi connectivity index (χ0) is 25.7. The molecule has 0 amide bonds. The Labute approximate surface area is 225 Å². The van der Waals surface area contributed by atoms with Crippen molar-refractivity contribution in [1.82, 2.24) is 8.80 Å². The summed E-state index contributed by atoms with van der Waals surface area (Å²) in [4.78, 5) is 0. The lowest BCUT2D eigenvalue weighted by molar-refractivity contribution is 0.669. The molecule has 4 nitrogen and oxygen atoms in total. The van der Waals surface area contributed by atoms with Crippen LogP contribution in [0.3, 0.4) is 0 Å². The molecule has 0 fully saturated rings. The van der Waals surface area contributed by atoms with Crippen LogP contribution in [0.25, 0.3) is 98.5 Å². The molecule has 0 N–H and O–H groups in total. The van der Waals surface area contributed by atoms with Gasteiger partial charge in [0, 0.05) is 43.1 Å². The van der Waals surface area contributed by atoms with E-state index >= 15 is 0 Å². The molecule has 0 saturated heterocycles. The molecule has 11 rings (SSSR count). The van der Waals surface area contributed by atoms with Crippen LogP contribution in [0.2, 0.25) is 0 Å². The summed E-state index contributed by atoms with van der Waals surface area (Å²) in [5, 5.41) is 9.47. The molecule has 0 bridgehead atoms. The van der Waals surface area contributed by atoms with Crippen molar-refractivity contribution in [3.05, 3.63) is 109 Å². The van der Waals surface area contributed by atoms with E-state index in [1.165, 1.54) is 54.6 Å². The minimum Gasteiger partial charge on any atom is -0.456 e. The first-order chi connectivity index (χ1) is 19.8. The molecule has 0 saturated carbocycles. The lowest BCUT2D eigenvalue weighted by Crippen LogP contribution is -1.96. The van der Waals surface area contributed by atoms with Crippen LogP contribution >= 0.6 is 0 Å². The molecular formula is C36H18N2O2. The maximum Gasteiger partial charge on any atom is 0.136 e. The predicted octanol–water partition coefficient (Wildman–Crippen LogP) is 10.0. The summed E-state index contributed by atoms with van der Waals surface area (Å²) in [5.41, 5.74) is 10.9. The Kier molecular flexibility index (Phi) is 3.12. The molecule has 4 heteroatoms. The number of fused-ring (bicyclic) bond motifs is 14. The molecule has 0 radical (unpaired) electrons. The van der Waals surface area contributed by atoms with Gasteiger partial charge in [0.1, 0.15) is 22.3 Å². The van der Waals surface area contributed by atoms with Gasteiger partial charge in [-0.1, -0.05) is 60.7 Å². The lowest BCUT2D eigenvalue weighted by Gasteiger charge is -2.11. The van der Waals surface area contributed by atoms with Crippen molar-refractivity contribution in [1.29, 1.82) is 0 Å². The van der Waals surface area contributed by atoms with Gasteiger partial charge in [0.05, 0.1) is 33.1 Å². The maximum atomic E-state index is 6.31. The van der Waals surface area contributed by atoms with Crippen LogP contribution in [-0.2, 0) is 0 Å². The lowest BCUT2D eigenvalue weighted by atomic mass is 10.1. The van der Waals surface area contributed by atoms with Gasteiger partial charge in [0.15, 0.2) is 0 Å². The van der Waals surface area contributed by atoms with E-state index in [-0.39, 0.29) is 0 Å². The van der Waals surface area contributed by atoms with E-state index in [4.69, 9.17) is 8.83 Å². The van der Waals surface area contributed by atoms with Gasteiger partial charge in [0.2, 0.25) is 0 Å². The number of hydrogen-bond acceptors (Lipinski definition) is 2. The van der Waals surface area contributed by atoms with Crippen molar-refractivity contribution in [2.45, 2.75) is 0 Å². The fourth-order valence-electron chi connectivity index (χ4n) is 7.39. The molecule has 0 aliphatic carbocycles. The predicted molar refractivity (Wildman–Crippen MR) is 164 cm³/mol. The standard InChI is InChI=1S/C36H18N2O2/c1-3-13-31-19(7-1)25-15-29-23(17-33(25)39-31)21-9-5-12-28-35(21)37(29)27-11-6-10-22-24-18-34-26(16-30(24)38(28)36(22)27)20-8-2-4-14-32(20)40-34/h1-18H.